The van der Waals surface area contributed by atoms with Crippen LogP contribution in [0.2, 0.25) is 0 Å². The molecule has 3 rings (SSSR count). The zero-order chi connectivity index (χ0) is 13.2. The van der Waals surface area contributed by atoms with Gasteiger partial charge < -0.3 is 5.32 Å². The van der Waals surface area contributed by atoms with E-state index in [1.165, 1.54) is 11.1 Å². The van der Waals surface area contributed by atoms with E-state index in [2.05, 4.69) is 36.5 Å². The Kier molecular flexibility index (Phi) is 3.34. The highest BCUT2D eigenvalue weighted by molar-refractivity contribution is 5.36. The first-order valence-corrected chi connectivity index (χ1v) is 6.81. The van der Waals surface area contributed by atoms with E-state index < -0.39 is 0 Å². The molecule has 0 radical (unpaired) electrons. The summed E-state index contributed by atoms with van der Waals surface area (Å²) in [5, 5.41) is 3.56. The van der Waals surface area contributed by atoms with E-state index in [1.807, 2.05) is 12.1 Å². The van der Waals surface area contributed by atoms with Crippen molar-refractivity contribution in [1.29, 1.82) is 0 Å². The van der Waals surface area contributed by atoms with Crippen LogP contribution >= 0.6 is 0 Å². The molecule has 1 unspecified atom stereocenters. The van der Waals surface area contributed by atoms with Gasteiger partial charge in [-0.1, -0.05) is 36.4 Å². The molecule has 1 N–H and O–H groups in total. The third-order valence-corrected chi connectivity index (χ3v) is 4.01. The predicted octanol–water partition coefficient (Wildman–Crippen LogP) is 3.91. The van der Waals surface area contributed by atoms with Crippen LogP contribution in [0.3, 0.4) is 0 Å². The average Bonchev–Trinajstić information content (AvgIpc) is 2.83. The van der Waals surface area contributed by atoms with Crippen LogP contribution in [-0.4, -0.2) is 0 Å². The summed E-state index contributed by atoms with van der Waals surface area (Å²) in [6, 6.07) is 14.1. The third-order valence-electron chi connectivity index (χ3n) is 4.01. The summed E-state index contributed by atoms with van der Waals surface area (Å²) in [7, 11) is 0. The molecule has 0 saturated heterocycles. The minimum absolute atomic E-state index is 0.0577. The summed E-state index contributed by atoms with van der Waals surface area (Å²) in [6.45, 7) is 2.96. The van der Waals surface area contributed by atoms with Gasteiger partial charge in [-0.3, -0.25) is 0 Å². The van der Waals surface area contributed by atoms with Gasteiger partial charge in [0.2, 0.25) is 0 Å². The maximum atomic E-state index is 13.7. The Morgan fingerprint density at radius 1 is 1.16 bits per heavy atom. The highest BCUT2D eigenvalue weighted by Crippen LogP contribution is 2.32. The van der Waals surface area contributed by atoms with Crippen molar-refractivity contribution in [2.75, 3.05) is 0 Å². The van der Waals surface area contributed by atoms with Gasteiger partial charge in [-0.05, 0) is 48.1 Å². The minimum Gasteiger partial charge on any atom is -0.306 e. The normalized spacial score (nSPS) is 17.5. The molecule has 0 aromatic heterocycles. The molecule has 0 bridgehead atoms. The fraction of sp³-hybridized carbons (Fsp3) is 0.294. The summed E-state index contributed by atoms with van der Waals surface area (Å²) in [6.07, 6.45) is 1.83. The number of nitrogens with one attached hydrogen (secondary N) is 1. The second kappa shape index (κ2) is 5.14. The van der Waals surface area contributed by atoms with Crippen molar-refractivity contribution in [3.05, 3.63) is 70.5 Å². The summed E-state index contributed by atoms with van der Waals surface area (Å²) in [5.74, 6) is -0.0577. The van der Waals surface area contributed by atoms with Gasteiger partial charge in [0.1, 0.15) is 5.82 Å². The predicted molar refractivity (Wildman–Crippen MR) is 75.5 cm³/mol. The van der Waals surface area contributed by atoms with Crippen LogP contribution in [0.1, 0.15) is 34.7 Å². The fourth-order valence-electron chi connectivity index (χ4n) is 2.86. The van der Waals surface area contributed by atoms with Crippen molar-refractivity contribution in [3.8, 4) is 0 Å². The molecule has 0 saturated carbocycles. The number of rotatable bonds is 3. The average molecular weight is 255 g/mol. The van der Waals surface area contributed by atoms with E-state index in [0.717, 1.165) is 30.5 Å². The monoisotopic (exact) mass is 255 g/mol. The van der Waals surface area contributed by atoms with Crippen LogP contribution < -0.4 is 5.32 Å². The molecule has 2 heteroatoms. The van der Waals surface area contributed by atoms with Gasteiger partial charge in [-0.25, -0.2) is 4.39 Å². The summed E-state index contributed by atoms with van der Waals surface area (Å²) in [4.78, 5) is 0. The molecule has 1 atom stereocenters. The SMILES string of the molecule is Cc1ccccc1CNC1CCc2c(F)cccc21. The number of hydrogen-bond donors (Lipinski definition) is 1. The van der Waals surface area contributed by atoms with E-state index in [0.29, 0.717) is 0 Å². The van der Waals surface area contributed by atoms with Crippen LogP contribution in [-0.2, 0) is 13.0 Å². The Bertz CT molecular complexity index is 592. The Morgan fingerprint density at radius 3 is 2.84 bits per heavy atom. The van der Waals surface area contributed by atoms with Crippen LogP contribution in [0, 0.1) is 12.7 Å². The molecule has 98 valence electrons. The summed E-state index contributed by atoms with van der Waals surface area (Å²) >= 11 is 0. The van der Waals surface area contributed by atoms with E-state index >= 15 is 0 Å². The molecule has 19 heavy (non-hydrogen) atoms. The first-order valence-electron chi connectivity index (χ1n) is 6.81. The maximum Gasteiger partial charge on any atom is 0.126 e. The zero-order valence-electron chi connectivity index (χ0n) is 11.1. The zero-order valence-corrected chi connectivity index (χ0v) is 11.1. The quantitative estimate of drug-likeness (QED) is 0.876. The van der Waals surface area contributed by atoms with Gasteiger partial charge in [0, 0.05) is 12.6 Å². The Labute approximate surface area is 113 Å². The van der Waals surface area contributed by atoms with Crippen LogP contribution in [0.5, 0.6) is 0 Å². The molecular weight excluding hydrogens is 237 g/mol. The summed E-state index contributed by atoms with van der Waals surface area (Å²) < 4.78 is 13.7. The van der Waals surface area contributed by atoms with Gasteiger partial charge in [0.25, 0.3) is 0 Å². The van der Waals surface area contributed by atoms with Crippen molar-refractivity contribution >= 4 is 0 Å². The number of aryl methyl sites for hydroxylation is 1. The fourth-order valence-corrected chi connectivity index (χ4v) is 2.86. The lowest BCUT2D eigenvalue weighted by Gasteiger charge is -2.15. The van der Waals surface area contributed by atoms with Crippen LogP contribution in [0.4, 0.5) is 4.39 Å². The van der Waals surface area contributed by atoms with Crippen LogP contribution in [0.15, 0.2) is 42.5 Å². The van der Waals surface area contributed by atoms with Gasteiger partial charge in [-0.2, -0.15) is 0 Å². The molecule has 0 heterocycles. The van der Waals surface area contributed by atoms with E-state index in [4.69, 9.17) is 0 Å². The van der Waals surface area contributed by atoms with Crippen molar-refractivity contribution in [1.82, 2.24) is 5.32 Å². The van der Waals surface area contributed by atoms with Crippen molar-refractivity contribution < 1.29 is 4.39 Å². The highest BCUT2D eigenvalue weighted by Gasteiger charge is 2.24. The minimum atomic E-state index is -0.0577. The lowest BCUT2D eigenvalue weighted by Crippen LogP contribution is -2.19. The standard InChI is InChI=1S/C17H18FN/c1-12-5-2-3-6-13(12)11-19-17-10-9-14-15(17)7-4-8-16(14)18/h2-8,17,19H,9-11H2,1H3. The second-order valence-electron chi connectivity index (χ2n) is 5.21. The topological polar surface area (TPSA) is 12.0 Å². The Morgan fingerprint density at radius 2 is 2.00 bits per heavy atom. The van der Waals surface area contributed by atoms with Gasteiger partial charge >= 0.3 is 0 Å². The first kappa shape index (κ1) is 12.4. The lowest BCUT2D eigenvalue weighted by molar-refractivity contribution is 0.529. The molecule has 0 aliphatic heterocycles. The smallest absolute Gasteiger partial charge is 0.126 e. The van der Waals surface area contributed by atoms with Crippen LogP contribution in [0.25, 0.3) is 0 Å². The van der Waals surface area contributed by atoms with E-state index in [-0.39, 0.29) is 11.9 Å². The van der Waals surface area contributed by atoms with Crippen molar-refractivity contribution in [3.63, 3.8) is 0 Å². The highest BCUT2D eigenvalue weighted by atomic mass is 19.1. The van der Waals surface area contributed by atoms with Gasteiger partial charge in [0.05, 0.1) is 0 Å². The lowest BCUT2D eigenvalue weighted by atomic mass is 10.1. The molecule has 0 amide bonds. The second-order valence-corrected chi connectivity index (χ2v) is 5.21. The molecule has 1 nitrogen and oxygen atoms in total. The summed E-state index contributed by atoms with van der Waals surface area (Å²) in [5.41, 5.74) is 4.64. The Hall–Kier alpha value is -1.67. The number of benzene rings is 2. The number of hydrogen-bond acceptors (Lipinski definition) is 1. The molecule has 1 aliphatic carbocycles. The van der Waals surface area contributed by atoms with E-state index in [1.54, 1.807) is 6.07 Å². The maximum absolute atomic E-state index is 13.7. The van der Waals surface area contributed by atoms with Gasteiger partial charge in [0.15, 0.2) is 0 Å². The molecule has 0 spiro atoms. The molecular formula is C17H18FN. The molecule has 2 aromatic carbocycles. The Balaban J connectivity index is 1.74. The molecule has 1 aliphatic rings. The largest absolute Gasteiger partial charge is 0.306 e. The molecule has 2 aromatic rings. The van der Waals surface area contributed by atoms with Crippen molar-refractivity contribution in [2.45, 2.75) is 32.4 Å². The number of fused-ring (bicyclic) bond motifs is 1. The third kappa shape index (κ3) is 2.41. The molecule has 0 fully saturated rings. The van der Waals surface area contributed by atoms with E-state index in [9.17, 15) is 4.39 Å². The van der Waals surface area contributed by atoms with Gasteiger partial charge in [-0.15, -0.1) is 0 Å². The first-order chi connectivity index (χ1) is 9.25. The van der Waals surface area contributed by atoms with Crippen molar-refractivity contribution in [2.24, 2.45) is 0 Å². The number of halogens is 1.